The normalized spacial score (nSPS) is 12.0. The Morgan fingerprint density at radius 2 is 2.05 bits per heavy atom. The number of nitrogens with two attached hydrogens (primary N) is 1. The van der Waals surface area contributed by atoms with Crippen molar-refractivity contribution in [2.24, 2.45) is 5.73 Å². The monoisotopic (exact) mass is 278 g/mol. The molecule has 0 aliphatic carbocycles. The van der Waals surface area contributed by atoms with Gasteiger partial charge in [0.2, 0.25) is 5.91 Å². The molecule has 0 bridgehead atoms. The van der Waals surface area contributed by atoms with Crippen molar-refractivity contribution < 1.29 is 4.79 Å². The standard InChI is InChI=1S/C15H26N4O/c1-4-7-12(16)10-15(20)18-13-8-9-14(17-11-13)19(5-2)6-3/h8-9,11-12H,4-7,10,16H2,1-3H3,(H,18,20). The number of rotatable bonds is 8. The van der Waals surface area contributed by atoms with Gasteiger partial charge in [-0.2, -0.15) is 0 Å². The van der Waals surface area contributed by atoms with Crippen LogP contribution in [-0.2, 0) is 4.79 Å². The Labute approximate surface area is 121 Å². The molecular weight excluding hydrogens is 252 g/mol. The molecule has 3 N–H and O–H groups in total. The van der Waals surface area contributed by atoms with Gasteiger partial charge in [0.15, 0.2) is 0 Å². The second-order valence-corrected chi connectivity index (χ2v) is 4.88. The third kappa shape index (κ3) is 5.17. The molecule has 20 heavy (non-hydrogen) atoms. The first-order valence-corrected chi connectivity index (χ1v) is 7.37. The van der Waals surface area contributed by atoms with Gasteiger partial charge in [-0.1, -0.05) is 13.3 Å². The van der Waals surface area contributed by atoms with Gasteiger partial charge in [-0.3, -0.25) is 4.79 Å². The predicted octanol–water partition coefficient (Wildman–Crippen LogP) is 2.38. The summed E-state index contributed by atoms with van der Waals surface area (Å²) >= 11 is 0. The molecule has 1 heterocycles. The zero-order valence-electron chi connectivity index (χ0n) is 12.7. The highest BCUT2D eigenvalue weighted by Crippen LogP contribution is 2.14. The molecule has 1 rings (SSSR count). The number of carbonyl (C=O) groups is 1. The van der Waals surface area contributed by atoms with Crippen LogP contribution in [0.1, 0.15) is 40.0 Å². The molecule has 1 unspecified atom stereocenters. The number of anilines is 2. The van der Waals surface area contributed by atoms with Crippen molar-refractivity contribution in [1.82, 2.24) is 4.98 Å². The van der Waals surface area contributed by atoms with Crippen molar-refractivity contribution in [3.63, 3.8) is 0 Å². The van der Waals surface area contributed by atoms with Crippen LogP contribution >= 0.6 is 0 Å². The summed E-state index contributed by atoms with van der Waals surface area (Å²) in [5.74, 6) is 0.874. The van der Waals surface area contributed by atoms with Crippen LogP contribution in [0, 0.1) is 0 Å². The van der Waals surface area contributed by atoms with Crippen molar-refractivity contribution in [3.8, 4) is 0 Å². The Bertz CT molecular complexity index is 401. The topological polar surface area (TPSA) is 71.2 Å². The van der Waals surface area contributed by atoms with E-state index in [9.17, 15) is 4.79 Å². The number of hydrogen-bond donors (Lipinski definition) is 2. The number of carbonyl (C=O) groups excluding carboxylic acids is 1. The summed E-state index contributed by atoms with van der Waals surface area (Å²) in [7, 11) is 0. The van der Waals surface area contributed by atoms with E-state index in [2.05, 4.69) is 36.0 Å². The van der Waals surface area contributed by atoms with Gasteiger partial charge in [0, 0.05) is 25.6 Å². The Balaban J connectivity index is 2.54. The summed E-state index contributed by atoms with van der Waals surface area (Å²) in [5.41, 5.74) is 6.57. The van der Waals surface area contributed by atoms with E-state index in [0.29, 0.717) is 6.42 Å². The maximum Gasteiger partial charge on any atom is 0.225 e. The third-order valence-corrected chi connectivity index (χ3v) is 3.23. The lowest BCUT2D eigenvalue weighted by Gasteiger charge is -2.19. The van der Waals surface area contributed by atoms with Crippen molar-refractivity contribution in [1.29, 1.82) is 0 Å². The molecule has 5 heteroatoms. The maximum absolute atomic E-state index is 11.8. The van der Waals surface area contributed by atoms with Gasteiger partial charge < -0.3 is 16.0 Å². The van der Waals surface area contributed by atoms with Gasteiger partial charge in [0.1, 0.15) is 5.82 Å². The molecule has 0 saturated carbocycles. The molecule has 1 amide bonds. The van der Waals surface area contributed by atoms with E-state index in [4.69, 9.17) is 5.73 Å². The number of hydrogen-bond acceptors (Lipinski definition) is 4. The van der Waals surface area contributed by atoms with E-state index < -0.39 is 0 Å². The van der Waals surface area contributed by atoms with Crippen molar-refractivity contribution >= 4 is 17.4 Å². The Kier molecular flexibility index (Phi) is 7.01. The van der Waals surface area contributed by atoms with Gasteiger partial charge in [-0.05, 0) is 32.4 Å². The second kappa shape index (κ2) is 8.53. The lowest BCUT2D eigenvalue weighted by atomic mass is 10.1. The molecule has 0 aliphatic rings. The zero-order valence-corrected chi connectivity index (χ0v) is 12.7. The number of pyridine rings is 1. The Morgan fingerprint density at radius 3 is 2.55 bits per heavy atom. The van der Waals surface area contributed by atoms with E-state index in [1.165, 1.54) is 0 Å². The van der Waals surface area contributed by atoms with Crippen LogP contribution < -0.4 is 16.0 Å². The van der Waals surface area contributed by atoms with Crippen LogP contribution in [0.5, 0.6) is 0 Å². The molecule has 0 spiro atoms. The summed E-state index contributed by atoms with van der Waals surface area (Å²) in [6.45, 7) is 8.09. The van der Waals surface area contributed by atoms with E-state index in [0.717, 1.165) is 37.4 Å². The van der Waals surface area contributed by atoms with Crippen LogP contribution in [0.4, 0.5) is 11.5 Å². The predicted molar refractivity (Wildman–Crippen MR) is 83.9 cm³/mol. The summed E-state index contributed by atoms with van der Waals surface area (Å²) < 4.78 is 0. The average molecular weight is 278 g/mol. The first-order chi connectivity index (χ1) is 9.60. The molecule has 112 valence electrons. The minimum Gasteiger partial charge on any atom is -0.357 e. The van der Waals surface area contributed by atoms with Crippen molar-refractivity contribution in [2.75, 3.05) is 23.3 Å². The molecule has 5 nitrogen and oxygen atoms in total. The molecule has 1 atom stereocenters. The lowest BCUT2D eigenvalue weighted by molar-refractivity contribution is -0.116. The fourth-order valence-electron chi connectivity index (χ4n) is 2.12. The highest BCUT2D eigenvalue weighted by Gasteiger charge is 2.09. The van der Waals surface area contributed by atoms with Gasteiger partial charge in [0.25, 0.3) is 0 Å². The maximum atomic E-state index is 11.8. The van der Waals surface area contributed by atoms with Crippen LogP contribution in [0.3, 0.4) is 0 Å². The molecule has 0 radical (unpaired) electrons. The molecular formula is C15H26N4O. The quantitative estimate of drug-likeness (QED) is 0.766. The molecule has 0 aromatic carbocycles. The number of amides is 1. The molecule has 0 saturated heterocycles. The van der Waals surface area contributed by atoms with Gasteiger partial charge in [0.05, 0.1) is 11.9 Å². The van der Waals surface area contributed by atoms with E-state index in [1.54, 1.807) is 6.20 Å². The number of aromatic nitrogens is 1. The molecule has 1 aromatic heterocycles. The highest BCUT2D eigenvalue weighted by molar-refractivity contribution is 5.91. The smallest absolute Gasteiger partial charge is 0.225 e. The summed E-state index contributed by atoms with van der Waals surface area (Å²) in [6, 6.07) is 3.74. The first-order valence-electron chi connectivity index (χ1n) is 7.37. The Morgan fingerprint density at radius 1 is 1.35 bits per heavy atom. The summed E-state index contributed by atoms with van der Waals surface area (Å²) in [4.78, 5) is 18.3. The summed E-state index contributed by atoms with van der Waals surface area (Å²) in [6.07, 6.45) is 3.91. The summed E-state index contributed by atoms with van der Waals surface area (Å²) in [5, 5.41) is 2.83. The fraction of sp³-hybridized carbons (Fsp3) is 0.600. The SMILES string of the molecule is CCCC(N)CC(=O)Nc1ccc(N(CC)CC)nc1. The largest absolute Gasteiger partial charge is 0.357 e. The minimum absolute atomic E-state index is 0.0525. The van der Waals surface area contributed by atoms with Gasteiger partial charge >= 0.3 is 0 Å². The second-order valence-electron chi connectivity index (χ2n) is 4.88. The lowest BCUT2D eigenvalue weighted by Crippen LogP contribution is -2.27. The fourth-order valence-corrected chi connectivity index (χ4v) is 2.12. The molecule has 1 aromatic rings. The van der Waals surface area contributed by atoms with Gasteiger partial charge in [-0.15, -0.1) is 0 Å². The number of nitrogens with zero attached hydrogens (tertiary/aromatic N) is 2. The number of nitrogens with one attached hydrogen (secondary N) is 1. The zero-order chi connectivity index (χ0) is 15.0. The minimum atomic E-state index is -0.0668. The van der Waals surface area contributed by atoms with E-state index in [-0.39, 0.29) is 11.9 Å². The average Bonchev–Trinajstić information content (AvgIpc) is 2.42. The third-order valence-electron chi connectivity index (χ3n) is 3.23. The van der Waals surface area contributed by atoms with Crippen molar-refractivity contribution in [2.45, 2.75) is 46.1 Å². The van der Waals surface area contributed by atoms with Crippen molar-refractivity contribution in [3.05, 3.63) is 18.3 Å². The Hall–Kier alpha value is -1.62. The molecule has 0 aliphatic heterocycles. The van der Waals surface area contributed by atoms with E-state index in [1.807, 2.05) is 12.1 Å². The van der Waals surface area contributed by atoms with Gasteiger partial charge in [-0.25, -0.2) is 4.98 Å². The highest BCUT2D eigenvalue weighted by atomic mass is 16.1. The van der Waals surface area contributed by atoms with Crippen LogP contribution in [0.25, 0.3) is 0 Å². The molecule has 0 fully saturated rings. The van der Waals surface area contributed by atoms with Crippen LogP contribution in [0.2, 0.25) is 0 Å². The van der Waals surface area contributed by atoms with Crippen LogP contribution in [0.15, 0.2) is 18.3 Å². The first kappa shape index (κ1) is 16.4. The van der Waals surface area contributed by atoms with E-state index >= 15 is 0 Å². The van der Waals surface area contributed by atoms with Crippen LogP contribution in [-0.4, -0.2) is 30.0 Å².